The number of rotatable bonds is 5. The van der Waals surface area contributed by atoms with Crippen molar-refractivity contribution in [3.05, 3.63) is 35.4 Å². The number of benzene rings is 1. The lowest BCUT2D eigenvalue weighted by Gasteiger charge is -2.26. The van der Waals surface area contributed by atoms with Crippen LogP contribution in [0.2, 0.25) is 0 Å². The van der Waals surface area contributed by atoms with Crippen LogP contribution >= 0.6 is 12.2 Å². The van der Waals surface area contributed by atoms with Gasteiger partial charge in [0.05, 0.1) is 0 Å². The largest absolute Gasteiger partial charge is 0.389 e. The number of carbonyl (C=O) groups excluding carboxylic acids is 1. The molecular formula is C15H22N2OS. The van der Waals surface area contributed by atoms with Crippen LogP contribution in [0.4, 0.5) is 0 Å². The molecule has 0 aromatic heterocycles. The Bertz CT molecular complexity index is 471. The van der Waals surface area contributed by atoms with Gasteiger partial charge in [-0.3, -0.25) is 4.79 Å². The summed E-state index contributed by atoms with van der Waals surface area (Å²) in [6.07, 6.45) is 0.983. The topological polar surface area (TPSA) is 46.3 Å². The van der Waals surface area contributed by atoms with Gasteiger partial charge in [0, 0.05) is 24.2 Å². The summed E-state index contributed by atoms with van der Waals surface area (Å²) in [6.45, 7) is 6.37. The number of hydrogen-bond acceptors (Lipinski definition) is 2. The number of hydrogen-bond donors (Lipinski definition) is 1. The zero-order valence-electron chi connectivity index (χ0n) is 12.0. The van der Waals surface area contributed by atoms with Gasteiger partial charge in [0.15, 0.2) is 0 Å². The normalized spacial score (nSPS) is 12.3. The molecule has 0 aliphatic heterocycles. The Hall–Kier alpha value is -1.42. The van der Waals surface area contributed by atoms with Crippen LogP contribution in [-0.2, 0) is 0 Å². The first-order valence-electron chi connectivity index (χ1n) is 6.50. The first-order valence-corrected chi connectivity index (χ1v) is 6.90. The molecule has 0 aliphatic rings. The average molecular weight is 278 g/mol. The molecule has 0 aliphatic carbocycles. The van der Waals surface area contributed by atoms with Gasteiger partial charge in [-0.15, -0.1) is 0 Å². The van der Waals surface area contributed by atoms with E-state index < -0.39 is 0 Å². The third kappa shape index (κ3) is 4.31. The fourth-order valence-electron chi connectivity index (χ4n) is 2.05. The van der Waals surface area contributed by atoms with Gasteiger partial charge >= 0.3 is 0 Å². The third-order valence-electron chi connectivity index (χ3n) is 3.19. The molecule has 1 aromatic rings. The van der Waals surface area contributed by atoms with Crippen molar-refractivity contribution < 1.29 is 4.79 Å². The van der Waals surface area contributed by atoms with E-state index in [9.17, 15) is 4.79 Å². The molecule has 19 heavy (non-hydrogen) atoms. The molecule has 4 heteroatoms. The molecule has 1 amide bonds. The van der Waals surface area contributed by atoms with Gasteiger partial charge in [0.25, 0.3) is 5.91 Å². The molecule has 2 N–H and O–H groups in total. The number of nitrogens with two attached hydrogens (primary N) is 1. The molecule has 1 unspecified atom stereocenters. The maximum atomic E-state index is 12.4. The molecule has 0 fully saturated rings. The van der Waals surface area contributed by atoms with Gasteiger partial charge in [0.1, 0.15) is 4.99 Å². The second-order valence-electron chi connectivity index (χ2n) is 5.34. The third-order valence-corrected chi connectivity index (χ3v) is 3.42. The van der Waals surface area contributed by atoms with E-state index in [4.69, 9.17) is 18.0 Å². The Morgan fingerprint density at radius 1 is 1.32 bits per heavy atom. The van der Waals surface area contributed by atoms with Gasteiger partial charge in [-0.2, -0.15) is 0 Å². The van der Waals surface area contributed by atoms with Crippen molar-refractivity contribution in [2.24, 2.45) is 11.7 Å². The van der Waals surface area contributed by atoms with E-state index in [1.807, 2.05) is 19.2 Å². The number of nitrogens with zero attached hydrogens (tertiary/aromatic N) is 1. The fraction of sp³-hybridized carbons (Fsp3) is 0.467. The van der Waals surface area contributed by atoms with Crippen molar-refractivity contribution in [1.82, 2.24) is 4.90 Å². The average Bonchev–Trinajstić information content (AvgIpc) is 2.36. The van der Waals surface area contributed by atoms with Crippen molar-refractivity contribution in [1.29, 1.82) is 0 Å². The molecule has 3 nitrogen and oxygen atoms in total. The summed E-state index contributed by atoms with van der Waals surface area (Å²) in [4.78, 5) is 14.5. The molecule has 0 bridgehead atoms. The van der Waals surface area contributed by atoms with Crippen molar-refractivity contribution >= 4 is 23.1 Å². The van der Waals surface area contributed by atoms with Gasteiger partial charge < -0.3 is 10.6 Å². The summed E-state index contributed by atoms with van der Waals surface area (Å²) in [5.74, 6) is 0.569. The first-order chi connectivity index (χ1) is 8.82. The van der Waals surface area contributed by atoms with Crippen LogP contribution in [-0.4, -0.2) is 28.9 Å². The molecule has 1 aromatic carbocycles. The SMILES string of the molecule is CC(C)CC(C)N(C)C(=O)c1cccc(C(N)=S)c1. The highest BCUT2D eigenvalue weighted by Gasteiger charge is 2.18. The zero-order chi connectivity index (χ0) is 14.6. The summed E-state index contributed by atoms with van der Waals surface area (Å²) < 4.78 is 0. The monoisotopic (exact) mass is 278 g/mol. The molecule has 0 saturated carbocycles. The summed E-state index contributed by atoms with van der Waals surface area (Å²) >= 11 is 4.94. The Morgan fingerprint density at radius 2 is 1.89 bits per heavy atom. The molecule has 0 radical (unpaired) electrons. The molecule has 0 saturated heterocycles. The number of carbonyl (C=O) groups is 1. The van der Waals surface area contributed by atoms with Crippen LogP contribution in [0.1, 0.15) is 43.1 Å². The van der Waals surface area contributed by atoms with Gasteiger partial charge in [0.2, 0.25) is 0 Å². The molecule has 1 rings (SSSR count). The Kier molecular flexibility index (Phi) is 5.48. The zero-order valence-corrected chi connectivity index (χ0v) is 12.8. The minimum atomic E-state index is 0.00579. The van der Waals surface area contributed by atoms with Crippen LogP contribution in [0.3, 0.4) is 0 Å². The van der Waals surface area contributed by atoms with Crippen LogP contribution in [0, 0.1) is 5.92 Å². The highest BCUT2D eigenvalue weighted by atomic mass is 32.1. The maximum absolute atomic E-state index is 12.4. The van der Waals surface area contributed by atoms with Gasteiger partial charge in [-0.25, -0.2) is 0 Å². The smallest absolute Gasteiger partial charge is 0.253 e. The summed E-state index contributed by atoms with van der Waals surface area (Å²) in [5.41, 5.74) is 6.95. The highest BCUT2D eigenvalue weighted by molar-refractivity contribution is 7.80. The molecule has 1 atom stereocenters. The summed E-state index contributed by atoms with van der Waals surface area (Å²) in [7, 11) is 1.84. The lowest BCUT2D eigenvalue weighted by molar-refractivity contribution is 0.0728. The standard InChI is InChI=1S/C15H22N2OS/c1-10(2)8-11(3)17(4)15(18)13-7-5-6-12(9-13)14(16)19/h5-7,9-11H,8H2,1-4H3,(H2,16,19). The summed E-state index contributed by atoms with van der Waals surface area (Å²) in [5, 5.41) is 0. The predicted molar refractivity (Wildman–Crippen MR) is 83.3 cm³/mol. The first kappa shape index (κ1) is 15.6. The van der Waals surface area contributed by atoms with E-state index in [1.54, 1.807) is 17.0 Å². The fourth-order valence-corrected chi connectivity index (χ4v) is 2.18. The second-order valence-corrected chi connectivity index (χ2v) is 5.78. The predicted octanol–water partition coefficient (Wildman–Crippen LogP) is 2.83. The van der Waals surface area contributed by atoms with E-state index in [0.29, 0.717) is 16.5 Å². The van der Waals surface area contributed by atoms with E-state index in [2.05, 4.69) is 20.8 Å². The lowest BCUT2D eigenvalue weighted by atomic mass is 10.0. The highest BCUT2D eigenvalue weighted by Crippen LogP contribution is 2.14. The van der Waals surface area contributed by atoms with E-state index in [0.717, 1.165) is 12.0 Å². The minimum absolute atomic E-state index is 0.00579. The Labute approximate surface area is 120 Å². The van der Waals surface area contributed by atoms with Gasteiger partial charge in [-0.1, -0.05) is 38.2 Å². The van der Waals surface area contributed by atoms with Crippen molar-refractivity contribution in [2.45, 2.75) is 33.2 Å². The Balaban J connectivity index is 2.87. The second kappa shape index (κ2) is 6.66. The quantitative estimate of drug-likeness (QED) is 0.842. The van der Waals surface area contributed by atoms with Crippen LogP contribution in [0.25, 0.3) is 0 Å². The van der Waals surface area contributed by atoms with Crippen molar-refractivity contribution in [3.63, 3.8) is 0 Å². The van der Waals surface area contributed by atoms with E-state index in [1.165, 1.54) is 0 Å². The maximum Gasteiger partial charge on any atom is 0.253 e. The lowest BCUT2D eigenvalue weighted by Crippen LogP contribution is -2.36. The van der Waals surface area contributed by atoms with Crippen LogP contribution < -0.4 is 5.73 Å². The van der Waals surface area contributed by atoms with E-state index >= 15 is 0 Å². The number of thiocarbonyl (C=S) groups is 1. The van der Waals surface area contributed by atoms with Gasteiger partial charge in [-0.05, 0) is 31.4 Å². The summed E-state index contributed by atoms with van der Waals surface area (Å²) in [6, 6.07) is 7.38. The van der Waals surface area contributed by atoms with Crippen LogP contribution in [0.5, 0.6) is 0 Å². The molecule has 104 valence electrons. The van der Waals surface area contributed by atoms with Crippen molar-refractivity contribution in [2.75, 3.05) is 7.05 Å². The Morgan fingerprint density at radius 3 is 2.42 bits per heavy atom. The van der Waals surface area contributed by atoms with Crippen molar-refractivity contribution in [3.8, 4) is 0 Å². The van der Waals surface area contributed by atoms with Crippen LogP contribution in [0.15, 0.2) is 24.3 Å². The molecule has 0 heterocycles. The number of amides is 1. The minimum Gasteiger partial charge on any atom is -0.389 e. The molecule has 0 spiro atoms. The molecular weight excluding hydrogens is 256 g/mol. The van der Waals surface area contributed by atoms with E-state index in [-0.39, 0.29) is 11.9 Å².